The van der Waals surface area contributed by atoms with Crippen LogP contribution < -0.4 is 11.3 Å². The summed E-state index contributed by atoms with van der Waals surface area (Å²) in [5.41, 5.74) is 2.12. The second-order valence-electron chi connectivity index (χ2n) is 3.89. The third-order valence-corrected chi connectivity index (χ3v) is 2.41. The van der Waals surface area contributed by atoms with Crippen LogP contribution in [0, 0.1) is 0 Å². The van der Waals surface area contributed by atoms with Crippen LogP contribution >= 0.6 is 0 Å². The Kier molecular flexibility index (Phi) is 11.7. The second kappa shape index (κ2) is 12.7. The molecule has 3 N–H and O–H groups in total. The van der Waals surface area contributed by atoms with Crippen LogP contribution in [0.25, 0.3) is 0 Å². The molecular formula is C13H22N2O2. The molecule has 17 heavy (non-hydrogen) atoms. The molecule has 4 heteroatoms. The molecular weight excluding hydrogens is 216 g/mol. The highest BCUT2D eigenvalue weighted by molar-refractivity contribution is 5.74. The number of rotatable bonds is 10. The maximum absolute atomic E-state index is 10.8. The van der Waals surface area contributed by atoms with Crippen molar-refractivity contribution in [2.45, 2.75) is 51.4 Å². The number of carbonyl (C=O) groups is 1. The summed E-state index contributed by atoms with van der Waals surface area (Å²) in [6.45, 7) is 0. The minimum Gasteiger partial charge on any atom is -0.294 e. The van der Waals surface area contributed by atoms with Crippen molar-refractivity contribution in [1.82, 2.24) is 5.43 Å². The van der Waals surface area contributed by atoms with Crippen molar-refractivity contribution >= 4 is 11.8 Å². The first-order valence-electron chi connectivity index (χ1n) is 6.15. The number of amides is 1. The van der Waals surface area contributed by atoms with Gasteiger partial charge in [-0.3, -0.25) is 10.2 Å². The van der Waals surface area contributed by atoms with E-state index >= 15 is 0 Å². The first-order valence-corrected chi connectivity index (χ1v) is 6.15. The van der Waals surface area contributed by atoms with Gasteiger partial charge in [-0.1, -0.05) is 25.0 Å². The van der Waals surface area contributed by atoms with Crippen molar-refractivity contribution in [3.8, 4) is 0 Å². The first-order chi connectivity index (χ1) is 8.31. The minimum absolute atomic E-state index is 0.0897. The molecule has 0 unspecified atom stereocenters. The summed E-state index contributed by atoms with van der Waals surface area (Å²) in [5, 5.41) is 0. The quantitative estimate of drug-likeness (QED) is 0.153. The zero-order valence-electron chi connectivity index (χ0n) is 10.3. The Hall–Kier alpha value is -1.38. The molecule has 0 atom stereocenters. The summed E-state index contributed by atoms with van der Waals surface area (Å²) in [5.74, 6) is 6.63. The normalized spacial score (nSPS) is 10.2. The smallest absolute Gasteiger partial charge is 0.233 e. The number of hydrogen-bond donors (Lipinski definition) is 2. The van der Waals surface area contributed by atoms with Crippen molar-refractivity contribution in [3.63, 3.8) is 0 Å². The lowest BCUT2D eigenvalue weighted by atomic mass is 10.1. The van der Waals surface area contributed by atoms with E-state index in [-0.39, 0.29) is 5.91 Å². The van der Waals surface area contributed by atoms with Crippen LogP contribution in [0.5, 0.6) is 0 Å². The maximum Gasteiger partial charge on any atom is 0.233 e. The lowest BCUT2D eigenvalue weighted by Gasteiger charge is -1.99. The molecule has 4 nitrogen and oxygen atoms in total. The average molecular weight is 238 g/mol. The lowest BCUT2D eigenvalue weighted by molar-refractivity contribution is -0.121. The predicted molar refractivity (Wildman–Crippen MR) is 68.7 cm³/mol. The molecule has 0 saturated carbocycles. The maximum atomic E-state index is 10.8. The number of hydrogen-bond acceptors (Lipinski definition) is 3. The van der Waals surface area contributed by atoms with Crippen LogP contribution in [-0.4, -0.2) is 11.8 Å². The first kappa shape index (κ1) is 15.6. The molecule has 0 aromatic heterocycles. The highest BCUT2D eigenvalue weighted by Gasteiger charge is 1.96. The van der Waals surface area contributed by atoms with Crippen LogP contribution in [0.3, 0.4) is 0 Å². The second-order valence-corrected chi connectivity index (χ2v) is 3.89. The number of unbranched alkanes of at least 4 members (excludes halogenated alkanes) is 5. The van der Waals surface area contributed by atoms with Gasteiger partial charge < -0.3 is 0 Å². The van der Waals surface area contributed by atoms with Gasteiger partial charge in [-0.2, -0.15) is 0 Å². The summed E-state index contributed by atoms with van der Waals surface area (Å²) < 4.78 is 0. The van der Waals surface area contributed by atoms with Crippen LogP contribution in [-0.2, 0) is 9.59 Å². The number of allylic oxidation sites excluding steroid dienone is 3. The van der Waals surface area contributed by atoms with Gasteiger partial charge in [-0.05, 0) is 32.1 Å². The van der Waals surface area contributed by atoms with Crippen LogP contribution in [0.4, 0.5) is 0 Å². The molecule has 96 valence electrons. The number of carbonyl (C=O) groups excluding carboxylic acids is 2. The van der Waals surface area contributed by atoms with Gasteiger partial charge in [0.2, 0.25) is 5.91 Å². The van der Waals surface area contributed by atoms with E-state index in [2.05, 4.69) is 17.6 Å². The van der Waals surface area contributed by atoms with Gasteiger partial charge >= 0.3 is 0 Å². The molecule has 0 saturated heterocycles. The molecule has 0 aliphatic heterocycles. The fourth-order valence-electron chi connectivity index (χ4n) is 1.45. The van der Waals surface area contributed by atoms with Crippen molar-refractivity contribution in [3.05, 3.63) is 18.2 Å². The van der Waals surface area contributed by atoms with E-state index in [1.54, 1.807) is 5.94 Å². The highest BCUT2D eigenvalue weighted by atomic mass is 16.2. The Morgan fingerprint density at radius 1 is 1.06 bits per heavy atom. The standard InChI is InChI=1S/C13H22N2O2/c14-15-13(17)11-9-7-5-3-1-2-4-6-8-10-12-16/h2,4,10H,1,3,5-9,11,14H2,(H,15,17)/b4-2-. The molecule has 0 bridgehead atoms. The van der Waals surface area contributed by atoms with E-state index in [1.807, 2.05) is 0 Å². The fraction of sp³-hybridized carbons (Fsp3) is 0.615. The Morgan fingerprint density at radius 2 is 1.76 bits per heavy atom. The van der Waals surface area contributed by atoms with Gasteiger partial charge in [-0.15, -0.1) is 0 Å². The number of hydrazine groups is 1. The lowest BCUT2D eigenvalue weighted by Crippen LogP contribution is -2.29. The zero-order valence-corrected chi connectivity index (χ0v) is 10.3. The third-order valence-electron chi connectivity index (χ3n) is 2.41. The van der Waals surface area contributed by atoms with E-state index in [0.29, 0.717) is 6.42 Å². The van der Waals surface area contributed by atoms with Crippen molar-refractivity contribution < 1.29 is 9.59 Å². The Bertz CT molecular complexity index is 269. The van der Waals surface area contributed by atoms with Crippen molar-refractivity contribution in [2.24, 2.45) is 5.84 Å². The summed E-state index contributed by atoms with van der Waals surface area (Å²) >= 11 is 0. The van der Waals surface area contributed by atoms with Crippen LogP contribution in [0.15, 0.2) is 18.2 Å². The average Bonchev–Trinajstić information content (AvgIpc) is 2.35. The van der Waals surface area contributed by atoms with E-state index in [9.17, 15) is 9.59 Å². The minimum atomic E-state index is -0.0897. The summed E-state index contributed by atoms with van der Waals surface area (Å²) in [6, 6.07) is 0. The Morgan fingerprint density at radius 3 is 2.47 bits per heavy atom. The molecule has 0 aromatic carbocycles. The Labute approximate surface area is 103 Å². The molecule has 0 radical (unpaired) electrons. The van der Waals surface area contributed by atoms with E-state index in [4.69, 9.17) is 5.84 Å². The van der Waals surface area contributed by atoms with Crippen LogP contribution in [0.2, 0.25) is 0 Å². The monoisotopic (exact) mass is 238 g/mol. The topological polar surface area (TPSA) is 72.2 Å². The molecule has 1 amide bonds. The highest BCUT2D eigenvalue weighted by Crippen LogP contribution is 2.06. The molecule has 0 rings (SSSR count). The van der Waals surface area contributed by atoms with Crippen molar-refractivity contribution in [2.75, 3.05) is 0 Å². The van der Waals surface area contributed by atoms with Crippen LogP contribution in [0.1, 0.15) is 51.4 Å². The van der Waals surface area contributed by atoms with E-state index in [1.165, 1.54) is 6.08 Å². The number of nitrogens with two attached hydrogens (primary N) is 1. The third kappa shape index (κ3) is 12.6. The summed E-state index contributed by atoms with van der Waals surface area (Å²) in [6.07, 6.45) is 13.2. The van der Waals surface area contributed by atoms with Gasteiger partial charge in [0.05, 0.1) is 0 Å². The molecule has 0 aromatic rings. The summed E-state index contributed by atoms with van der Waals surface area (Å²) in [7, 11) is 0. The predicted octanol–water partition coefficient (Wildman–Crippen LogP) is 2.04. The molecule has 0 heterocycles. The fourth-order valence-corrected chi connectivity index (χ4v) is 1.45. The molecule has 0 aliphatic carbocycles. The van der Waals surface area contributed by atoms with E-state index < -0.39 is 0 Å². The Balaban J connectivity index is 3.17. The SMILES string of the molecule is NNC(=O)CCCCCC/C=C\CCC=C=O. The van der Waals surface area contributed by atoms with E-state index in [0.717, 1.165) is 44.9 Å². The van der Waals surface area contributed by atoms with Crippen molar-refractivity contribution in [1.29, 1.82) is 0 Å². The van der Waals surface area contributed by atoms with Gasteiger partial charge in [0.15, 0.2) is 0 Å². The van der Waals surface area contributed by atoms with Gasteiger partial charge in [0.25, 0.3) is 0 Å². The van der Waals surface area contributed by atoms with Gasteiger partial charge in [-0.25, -0.2) is 10.6 Å². The largest absolute Gasteiger partial charge is 0.294 e. The van der Waals surface area contributed by atoms with Gasteiger partial charge in [0, 0.05) is 12.5 Å². The molecule has 0 spiro atoms. The summed E-state index contributed by atoms with van der Waals surface area (Å²) in [4.78, 5) is 20.7. The molecule has 0 aliphatic rings. The van der Waals surface area contributed by atoms with Gasteiger partial charge in [0.1, 0.15) is 5.94 Å². The zero-order chi connectivity index (χ0) is 12.8. The number of nitrogens with one attached hydrogen (secondary N) is 1. The molecule has 0 fully saturated rings.